The first-order valence-corrected chi connectivity index (χ1v) is 5.26. The summed E-state index contributed by atoms with van der Waals surface area (Å²) in [6.45, 7) is -0.582. The van der Waals surface area contributed by atoms with Crippen LogP contribution in [-0.2, 0) is 11.3 Å². The number of aliphatic hydroxyl groups is 1. The van der Waals surface area contributed by atoms with E-state index in [4.69, 9.17) is 21.1 Å². The third kappa shape index (κ3) is 3.39. The van der Waals surface area contributed by atoms with Crippen LogP contribution in [-0.4, -0.2) is 40.3 Å². The molecule has 0 fully saturated rings. The van der Waals surface area contributed by atoms with E-state index >= 15 is 0 Å². The predicted molar refractivity (Wildman–Crippen MR) is 61.5 cm³/mol. The lowest BCUT2D eigenvalue weighted by molar-refractivity contribution is -0.120. The molecule has 0 amide bonds. The Kier molecular flexibility index (Phi) is 5.02. The van der Waals surface area contributed by atoms with Gasteiger partial charge in [0, 0.05) is 12.1 Å². The smallest absolute Gasteiger partial charge is 0.194 e. The Morgan fingerprint density at radius 3 is 2.72 bits per heavy atom. The molecule has 18 heavy (non-hydrogen) atoms. The van der Waals surface area contributed by atoms with Gasteiger partial charge < -0.3 is 26.4 Å². The minimum Gasteiger partial charge on any atom is -0.504 e. The lowest BCUT2D eigenvalue weighted by Crippen LogP contribution is -2.40. The van der Waals surface area contributed by atoms with Crippen LogP contribution in [0.4, 0.5) is 4.39 Å². The Labute approximate surface area is 103 Å². The van der Waals surface area contributed by atoms with Crippen LogP contribution in [0.3, 0.4) is 0 Å². The normalized spacial score (nSPS) is 12.4. The fourth-order valence-electron chi connectivity index (χ4n) is 1.29. The number of nitrogens with one attached hydrogen (secondary N) is 1. The van der Waals surface area contributed by atoms with Gasteiger partial charge in [0.25, 0.3) is 0 Å². The predicted octanol–water partition coefficient (Wildman–Crippen LogP) is -0.785. The summed E-state index contributed by atoms with van der Waals surface area (Å²) in [6.07, 6.45) is 0. The molecule has 0 aromatic heterocycles. The standard InChI is InChI=1S/C11H15FN2O4/c12-10-6(1-2-8(16)11(10)18)3-14-4-9(17)7(13)5-15/h1-2,7,14-16,18H,3-5,13H2. The number of ketones is 1. The molecule has 1 unspecified atom stereocenters. The number of hydrogen-bond acceptors (Lipinski definition) is 6. The fraction of sp³-hybridized carbons (Fsp3) is 0.364. The Hall–Kier alpha value is -1.70. The zero-order chi connectivity index (χ0) is 13.7. The summed E-state index contributed by atoms with van der Waals surface area (Å²) in [5.74, 6) is -2.72. The number of aromatic hydroxyl groups is 2. The number of benzene rings is 1. The molecule has 0 saturated heterocycles. The summed E-state index contributed by atoms with van der Waals surface area (Å²) in [7, 11) is 0. The van der Waals surface area contributed by atoms with Crippen molar-refractivity contribution in [3.8, 4) is 11.5 Å². The monoisotopic (exact) mass is 258 g/mol. The van der Waals surface area contributed by atoms with E-state index < -0.39 is 35.7 Å². The second-order valence-electron chi connectivity index (χ2n) is 3.77. The van der Waals surface area contributed by atoms with Gasteiger partial charge >= 0.3 is 0 Å². The van der Waals surface area contributed by atoms with Crippen molar-refractivity contribution in [3.63, 3.8) is 0 Å². The van der Waals surface area contributed by atoms with Gasteiger partial charge in [-0.25, -0.2) is 4.39 Å². The van der Waals surface area contributed by atoms with Gasteiger partial charge in [-0.3, -0.25) is 4.79 Å². The summed E-state index contributed by atoms with van der Waals surface area (Å²) in [5.41, 5.74) is 5.39. The van der Waals surface area contributed by atoms with Crippen LogP contribution in [0, 0.1) is 5.82 Å². The molecule has 1 aromatic carbocycles. The van der Waals surface area contributed by atoms with Gasteiger partial charge in [-0.15, -0.1) is 0 Å². The molecule has 1 atom stereocenters. The molecule has 7 heteroatoms. The van der Waals surface area contributed by atoms with E-state index in [9.17, 15) is 9.18 Å². The number of aliphatic hydroxyl groups excluding tert-OH is 1. The van der Waals surface area contributed by atoms with Crippen LogP contribution in [0.2, 0.25) is 0 Å². The number of halogens is 1. The lowest BCUT2D eigenvalue weighted by Gasteiger charge is -2.09. The topological polar surface area (TPSA) is 116 Å². The number of carbonyl (C=O) groups excluding carboxylic acids is 1. The molecule has 0 spiro atoms. The Bertz CT molecular complexity index is 439. The first kappa shape index (κ1) is 14.4. The van der Waals surface area contributed by atoms with E-state index in [2.05, 4.69) is 5.32 Å². The molecule has 100 valence electrons. The van der Waals surface area contributed by atoms with Crippen LogP contribution >= 0.6 is 0 Å². The van der Waals surface area contributed by atoms with Crippen molar-refractivity contribution >= 4 is 5.78 Å². The maximum absolute atomic E-state index is 13.4. The third-order valence-electron chi connectivity index (χ3n) is 2.40. The van der Waals surface area contributed by atoms with Crippen molar-refractivity contribution in [1.82, 2.24) is 5.32 Å². The molecule has 0 heterocycles. The summed E-state index contributed by atoms with van der Waals surface area (Å²) >= 11 is 0. The van der Waals surface area contributed by atoms with E-state index in [-0.39, 0.29) is 18.7 Å². The quantitative estimate of drug-likeness (QED) is 0.427. The highest BCUT2D eigenvalue weighted by atomic mass is 19.1. The van der Waals surface area contributed by atoms with Crippen molar-refractivity contribution in [1.29, 1.82) is 0 Å². The fourth-order valence-corrected chi connectivity index (χ4v) is 1.29. The van der Waals surface area contributed by atoms with Crippen LogP contribution in [0.25, 0.3) is 0 Å². The molecule has 0 aliphatic heterocycles. The first-order chi connectivity index (χ1) is 8.47. The molecule has 0 aliphatic carbocycles. The van der Waals surface area contributed by atoms with E-state index in [0.29, 0.717) is 0 Å². The van der Waals surface area contributed by atoms with Crippen molar-refractivity contribution < 1.29 is 24.5 Å². The van der Waals surface area contributed by atoms with Crippen molar-refractivity contribution in [3.05, 3.63) is 23.5 Å². The SMILES string of the molecule is NC(CO)C(=O)CNCc1ccc(O)c(O)c1F. The largest absolute Gasteiger partial charge is 0.504 e. The summed E-state index contributed by atoms with van der Waals surface area (Å²) in [6, 6.07) is 1.47. The maximum Gasteiger partial charge on any atom is 0.194 e. The molecule has 6 nitrogen and oxygen atoms in total. The van der Waals surface area contributed by atoms with Crippen molar-refractivity contribution in [2.45, 2.75) is 12.6 Å². The number of carbonyl (C=O) groups is 1. The molecule has 0 saturated carbocycles. The van der Waals surface area contributed by atoms with Crippen molar-refractivity contribution in [2.24, 2.45) is 5.73 Å². The summed E-state index contributed by atoms with van der Waals surface area (Å²) < 4.78 is 13.4. The minimum atomic E-state index is -0.962. The van der Waals surface area contributed by atoms with E-state index in [1.54, 1.807) is 0 Å². The number of nitrogens with two attached hydrogens (primary N) is 1. The van der Waals surface area contributed by atoms with E-state index in [0.717, 1.165) is 6.07 Å². The number of phenolic OH excluding ortho intramolecular Hbond substituents is 2. The molecule has 0 radical (unpaired) electrons. The highest BCUT2D eigenvalue weighted by Crippen LogP contribution is 2.29. The van der Waals surface area contributed by atoms with Gasteiger partial charge in [-0.05, 0) is 6.07 Å². The molecular weight excluding hydrogens is 243 g/mol. The molecule has 0 bridgehead atoms. The Balaban J connectivity index is 2.55. The molecular formula is C11H15FN2O4. The van der Waals surface area contributed by atoms with E-state index in [1.807, 2.05) is 0 Å². The zero-order valence-corrected chi connectivity index (χ0v) is 9.56. The number of Topliss-reactive ketones (excluding diaryl/α,β-unsaturated/α-hetero) is 1. The Morgan fingerprint density at radius 1 is 1.44 bits per heavy atom. The second-order valence-corrected chi connectivity index (χ2v) is 3.77. The average Bonchev–Trinajstić information content (AvgIpc) is 2.37. The average molecular weight is 258 g/mol. The lowest BCUT2D eigenvalue weighted by atomic mass is 10.1. The number of rotatable bonds is 6. The Morgan fingerprint density at radius 2 is 2.11 bits per heavy atom. The van der Waals surface area contributed by atoms with Gasteiger partial charge in [0.2, 0.25) is 0 Å². The van der Waals surface area contributed by atoms with Crippen LogP contribution in [0.1, 0.15) is 5.56 Å². The van der Waals surface area contributed by atoms with Crippen LogP contribution < -0.4 is 11.1 Å². The van der Waals surface area contributed by atoms with Gasteiger partial charge in [-0.1, -0.05) is 6.07 Å². The first-order valence-electron chi connectivity index (χ1n) is 5.26. The molecule has 6 N–H and O–H groups in total. The van der Waals surface area contributed by atoms with Gasteiger partial charge in [0.05, 0.1) is 19.2 Å². The summed E-state index contributed by atoms with van der Waals surface area (Å²) in [5, 5.41) is 29.5. The van der Waals surface area contributed by atoms with Crippen LogP contribution in [0.5, 0.6) is 11.5 Å². The van der Waals surface area contributed by atoms with E-state index in [1.165, 1.54) is 6.07 Å². The number of phenols is 2. The zero-order valence-electron chi connectivity index (χ0n) is 9.56. The minimum absolute atomic E-state index is 0.0104. The maximum atomic E-state index is 13.4. The second kappa shape index (κ2) is 6.29. The summed E-state index contributed by atoms with van der Waals surface area (Å²) in [4.78, 5) is 11.2. The van der Waals surface area contributed by atoms with Gasteiger partial charge in [-0.2, -0.15) is 0 Å². The molecule has 1 aromatic rings. The van der Waals surface area contributed by atoms with Crippen molar-refractivity contribution in [2.75, 3.05) is 13.2 Å². The molecule has 1 rings (SSSR count). The van der Waals surface area contributed by atoms with Gasteiger partial charge in [0.15, 0.2) is 23.1 Å². The van der Waals surface area contributed by atoms with Crippen LogP contribution in [0.15, 0.2) is 12.1 Å². The van der Waals surface area contributed by atoms with Gasteiger partial charge in [0.1, 0.15) is 0 Å². The highest BCUT2D eigenvalue weighted by molar-refractivity contribution is 5.85. The third-order valence-corrected chi connectivity index (χ3v) is 2.40. The molecule has 0 aliphatic rings. The number of hydrogen-bond donors (Lipinski definition) is 5. The highest BCUT2D eigenvalue weighted by Gasteiger charge is 2.14.